The second-order valence-electron chi connectivity index (χ2n) is 5.69. The number of H-pyrrole nitrogens is 2. The summed E-state index contributed by atoms with van der Waals surface area (Å²) in [5, 5.41) is 15.0. The number of hydrogen-bond acceptors (Lipinski definition) is 3. The van der Waals surface area contributed by atoms with Crippen LogP contribution in [0.15, 0.2) is 58.3 Å². The molecule has 1 aromatic heterocycles. The molecule has 0 unspecified atom stereocenters. The van der Waals surface area contributed by atoms with Crippen LogP contribution in [0.25, 0.3) is 11.6 Å². The number of aromatic hydroxyl groups is 1. The lowest BCUT2D eigenvalue weighted by Crippen LogP contribution is -2.03. The highest BCUT2D eigenvalue weighted by atomic mass is 16.3. The van der Waals surface area contributed by atoms with Crippen LogP contribution in [-0.4, -0.2) is 21.5 Å². The van der Waals surface area contributed by atoms with Gasteiger partial charge in [0.25, 0.3) is 5.56 Å². The van der Waals surface area contributed by atoms with Gasteiger partial charge in [-0.2, -0.15) is 0 Å². The number of allylic oxidation sites excluding steroid dienone is 1. The average molecular weight is 317 g/mol. The minimum atomic E-state index is -0.158. The van der Waals surface area contributed by atoms with Gasteiger partial charge < -0.3 is 10.2 Å². The lowest BCUT2D eigenvalue weighted by atomic mass is 10.0. The first-order chi connectivity index (χ1) is 11.7. The fourth-order valence-electron chi connectivity index (χ4n) is 2.82. The van der Waals surface area contributed by atoms with Crippen molar-refractivity contribution in [2.45, 2.75) is 6.42 Å². The van der Waals surface area contributed by atoms with Crippen LogP contribution >= 0.6 is 0 Å². The third-order valence-electron chi connectivity index (χ3n) is 4.07. The number of rotatable bonds is 3. The number of fused-ring (bicyclic) bond motifs is 1. The molecule has 118 valence electrons. The Morgan fingerprint density at radius 1 is 1.04 bits per heavy atom. The van der Waals surface area contributed by atoms with Crippen LogP contribution in [0.4, 0.5) is 5.69 Å². The van der Waals surface area contributed by atoms with Crippen molar-refractivity contribution in [1.82, 2.24) is 10.2 Å². The molecule has 0 atom stereocenters. The molecule has 3 N–H and O–H groups in total. The summed E-state index contributed by atoms with van der Waals surface area (Å²) in [6.07, 6.45) is 4.21. The van der Waals surface area contributed by atoms with Gasteiger partial charge in [-0.25, -0.2) is 0 Å². The van der Waals surface area contributed by atoms with E-state index in [9.17, 15) is 9.90 Å². The molecule has 24 heavy (non-hydrogen) atoms. The zero-order valence-corrected chi connectivity index (χ0v) is 12.8. The van der Waals surface area contributed by atoms with Gasteiger partial charge in [-0.05, 0) is 29.8 Å². The normalized spacial score (nSPS) is 14.2. The van der Waals surface area contributed by atoms with Gasteiger partial charge in [-0.1, -0.05) is 30.3 Å². The van der Waals surface area contributed by atoms with Gasteiger partial charge in [-0.3, -0.25) is 14.9 Å². The maximum Gasteiger partial charge on any atom is 0.271 e. The van der Waals surface area contributed by atoms with Crippen molar-refractivity contribution in [3.8, 4) is 5.75 Å². The fourth-order valence-corrected chi connectivity index (χ4v) is 2.82. The van der Waals surface area contributed by atoms with Crippen molar-refractivity contribution in [3.63, 3.8) is 0 Å². The van der Waals surface area contributed by atoms with E-state index in [2.05, 4.69) is 15.2 Å². The van der Waals surface area contributed by atoms with Crippen molar-refractivity contribution < 1.29 is 5.11 Å². The molecule has 0 amide bonds. The molecule has 1 aliphatic heterocycles. The Kier molecular flexibility index (Phi) is 3.39. The molecule has 3 aromatic rings. The summed E-state index contributed by atoms with van der Waals surface area (Å²) in [4.78, 5) is 16.5. The highest BCUT2D eigenvalue weighted by Crippen LogP contribution is 2.32. The predicted octanol–water partition coefficient (Wildman–Crippen LogP) is 3.26. The van der Waals surface area contributed by atoms with E-state index < -0.39 is 0 Å². The molecule has 2 heterocycles. The van der Waals surface area contributed by atoms with Crippen molar-refractivity contribution in [3.05, 3.63) is 81.3 Å². The number of nitrogens with zero attached hydrogens (tertiary/aromatic N) is 1. The number of para-hydroxylation sites is 1. The molecule has 0 fully saturated rings. The van der Waals surface area contributed by atoms with E-state index in [1.165, 1.54) is 0 Å². The maximum absolute atomic E-state index is 12.2. The van der Waals surface area contributed by atoms with Crippen LogP contribution in [0.3, 0.4) is 0 Å². The molecule has 0 saturated carbocycles. The van der Waals surface area contributed by atoms with Crippen molar-refractivity contribution in [2.24, 2.45) is 4.99 Å². The van der Waals surface area contributed by atoms with Gasteiger partial charge in [-0.15, -0.1) is 0 Å². The fraction of sp³-hybridized carbons (Fsp3) is 0.0526. The number of phenols is 1. The number of hydrogen-bond donors (Lipinski definition) is 3. The van der Waals surface area contributed by atoms with Crippen LogP contribution in [-0.2, 0) is 6.42 Å². The van der Waals surface area contributed by atoms with E-state index >= 15 is 0 Å². The summed E-state index contributed by atoms with van der Waals surface area (Å²) in [5.41, 5.74) is 5.10. The minimum Gasteiger partial charge on any atom is -0.508 e. The SMILES string of the molecule is O=c1[nH][nH]c(Cc2ccc(O)cc2)c1/C=C1/C=Nc2ccccc21. The molecule has 1 aliphatic rings. The van der Waals surface area contributed by atoms with Gasteiger partial charge in [0.05, 0.1) is 11.3 Å². The largest absolute Gasteiger partial charge is 0.508 e. The first kappa shape index (κ1) is 14.3. The van der Waals surface area contributed by atoms with Crippen LogP contribution in [0.1, 0.15) is 22.4 Å². The monoisotopic (exact) mass is 317 g/mol. The molecule has 0 bridgehead atoms. The summed E-state index contributed by atoms with van der Waals surface area (Å²) in [6, 6.07) is 14.8. The standard InChI is InChI=1S/C19H15N3O2/c23-14-7-5-12(6-8-14)9-18-16(19(24)22-21-18)10-13-11-20-17-4-2-1-3-15(13)17/h1-8,10-11,23H,9H2,(H2,21,22,24)/b13-10-. The Morgan fingerprint density at radius 3 is 2.67 bits per heavy atom. The van der Waals surface area contributed by atoms with E-state index in [1.54, 1.807) is 18.3 Å². The number of nitrogens with one attached hydrogen (secondary N) is 2. The van der Waals surface area contributed by atoms with Gasteiger partial charge in [0.15, 0.2) is 0 Å². The second-order valence-corrected chi connectivity index (χ2v) is 5.69. The Morgan fingerprint density at radius 2 is 1.83 bits per heavy atom. The molecular formula is C19H15N3O2. The molecule has 0 saturated heterocycles. The molecule has 0 spiro atoms. The molecule has 5 heteroatoms. The zero-order chi connectivity index (χ0) is 16.5. The molecule has 2 aromatic carbocycles. The minimum absolute atomic E-state index is 0.158. The van der Waals surface area contributed by atoms with Crippen molar-refractivity contribution in [2.75, 3.05) is 0 Å². The summed E-state index contributed by atoms with van der Waals surface area (Å²) in [7, 11) is 0. The van der Waals surface area contributed by atoms with Gasteiger partial charge in [0, 0.05) is 29.5 Å². The predicted molar refractivity (Wildman–Crippen MR) is 94.8 cm³/mol. The van der Waals surface area contributed by atoms with Gasteiger partial charge in [0.1, 0.15) is 5.75 Å². The number of aliphatic imine (C=N–C) groups is 1. The van der Waals surface area contributed by atoms with Crippen LogP contribution < -0.4 is 5.56 Å². The smallest absolute Gasteiger partial charge is 0.271 e. The van der Waals surface area contributed by atoms with E-state index in [0.29, 0.717) is 12.0 Å². The Bertz CT molecular complexity index is 1010. The number of aromatic amines is 2. The highest BCUT2D eigenvalue weighted by molar-refractivity contribution is 6.21. The first-order valence-corrected chi connectivity index (χ1v) is 7.63. The Labute approximate surface area is 138 Å². The summed E-state index contributed by atoms with van der Waals surface area (Å²) in [6.45, 7) is 0. The summed E-state index contributed by atoms with van der Waals surface area (Å²) in [5.74, 6) is 0.224. The molecule has 0 radical (unpaired) electrons. The number of phenolic OH excluding ortho intramolecular Hbond substituents is 1. The van der Waals surface area contributed by atoms with Crippen molar-refractivity contribution in [1.29, 1.82) is 0 Å². The van der Waals surface area contributed by atoms with E-state index in [-0.39, 0.29) is 11.3 Å². The molecule has 4 rings (SSSR count). The third-order valence-corrected chi connectivity index (χ3v) is 4.07. The maximum atomic E-state index is 12.2. The summed E-state index contributed by atoms with van der Waals surface area (Å²) >= 11 is 0. The van der Waals surface area contributed by atoms with Crippen LogP contribution in [0.5, 0.6) is 5.75 Å². The van der Waals surface area contributed by atoms with Crippen LogP contribution in [0.2, 0.25) is 0 Å². The van der Waals surface area contributed by atoms with Gasteiger partial charge in [0.2, 0.25) is 0 Å². The lowest BCUT2D eigenvalue weighted by Gasteiger charge is -2.02. The topological polar surface area (TPSA) is 81.2 Å². The Hall–Kier alpha value is -3.34. The molecule has 0 aliphatic carbocycles. The molecular weight excluding hydrogens is 302 g/mol. The van der Waals surface area contributed by atoms with E-state index in [0.717, 1.165) is 28.1 Å². The quantitative estimate of drug-likeness (QED) is 0.693. The van der Waals surface area contributed by atoms with Gasteiger partial charge >= 0.3 is 0 Å². The molecule has 5 nitrogen and oxygen atoms in total. The zero-order valence-electron chi connectivity index (χ0n) is 12.8. The first-order valence-electron chi connectivity index (χ1n) is 7.63. The highest BCUT2D eigenvalue weighted by Gasteiger charge is 2.14. The van der Waals surface area contributed by atoms with Crippen molar-refractivity contribution >= 4 is 23.6 Å². The van der Waals surface area contributed by atoms with E-state index in [4.69, 9.17) is 0 Å². The van der Waals surface area contributed by atoms with Crippen LogP contribution in [0, 0.1) is 0 Å². The Balaban J connectivity index is 1.71. The second kappa shape index (κ2) is 5.70. The number of benzene rings is 2. The lowest BCUT2D eigenvalue weighted by molar-refractivity contribution is 0.475. The summed E-state index contributed by atoms with van der Waals surface area (Å²) < 4.78 is 0. The third kappa shape index (κ3) is 2.56. The number of aromatic nitrogens is 2. The van der Waals surface area contributed by atoms with E-state index in [1.807, 2.05) is 42.5 Å². The average Bonchev–Trinajstić information content (AvgIpc) is 3.16.